The third kappa shape index (κ3) is 3.82. The van der Waals surface area contributed by atoms with E-state index in [2.05, 4.69) is 5.32 Å². The van der Waals surface area contributed by atoms with Gasteiger partial charge in [0.25, 0.3) is 5.91 Å². The van der Waals surface area contributed by atoms with Crippen LogP contribution >= 0.6 is 11.6 Å². The lowest BCUT2D eigenvalue weighted by molar-refractivity contribution is -0.385. The number of amides is 1. The average molecular weight is 287 g/mol. The number of rotatable bonds is 5. The molecule has 0 radical (unpaired) electrons. The highest BCUT2D eigenvalue weighted by Crippen LogP contribution is 2.27. The third-order valence-corrected chi connectivity index (χ3v) is 3.09. The smallest absolute Gasteiger partial charge is 0.310 e. The molecule has 0 atom stereocenters. The molecule has 1 rings (SSSR count). The number of ether oxygens (including phenoxy) is 1. The topological polar surface area (TPSA) is 81.5 Å². The minimum absolute atomic E-state index is 0.0429. The summed E-state index contributed by atoms with van der Waals surface area (Å²) in [7, 11) is 1.31. The van der Waals surface area contributed by atoms with Gasteiger partial charge in [0.15, 0.2) is 5.75 Å². The highest BCUT2D eigenvalue weighted by Gasteiger charge is 2.22. The Morgan fingerprint density at radius 2 is 2.16 bits per heavy atom. The van der Waals surface area contributed by atoms with Crippen molar-refractivity contribution in [3.05, 3.63) is 33.9 Å². The molecular formula is C12H15ClN2O4. The number of nitro groups is 1. The zero-order valence-electron chi connectivity index (χ0n) is 10.9. The zero-order chi connectivity index (χ0) is 14.6. The minimum Gasteiger partial charge on any atom is -0.490 e. The summed E-state index contributed by atoms with van der Waals surface area (Å²) in [5.41, 5.74) is -0.468. The predicted octanol–water partition coefficient (Wildman–Crippen LogP) is 2.35. The van der Waals surface area contributed by atoms with Crippen LogP contribution in [0.3, 0.4) is 0 Å². The number of nitro benzene ring substituents is 1. The molecule has 0 fully saturated rings. The van der Waals surface area contributed by atoms with E-state index in [1.165, 1.54) is 25.3 Å². The highest BCUT2D eigenvalue weighted by molar-refractivity contribution is 6.18. The van der Waals surface area contributed by atoms with Gasteiger partial charge in [-0.3, -0.25) is 14.9 Å². The summed E-state index contributed by atoms with van der Waals surface area (Å²) in [6, 6.07) is 3.94. The summed E-state index contributed by atoms with van der Waals surface area (Å²) >= 11 is 5.72. The normalized spacial score (nSPS) is 10.9. The summed E-state index contributed by atoms with van der Waals surface area (Å²) in [4.78, 5) is 22.2. The van der Waals surface area contributed by atoms with E-state index in [1.54, 1.807) is 13.8 Å². The first-order chi connectivity index (χ1) is 8.80. The fourth-order valence-corrected chi connectivity index (χ4v) is 1.45. The van der Waals surface area contributed by atoms with E-state index in [0.717, 1.165) is 0 Å². The van der Waals surface area contributed by atoms with Gasteiger partial charge in [0, 0.05) is 29.1 Å². The van der Waals surface area contributed by atoms with E-state index in [0.29, 0.717) is 0 Å². The molecule has 1 amide bonds. The predicted molar refractivity (Wildman–Crippen MR) is 71.9 cm³/mol. The lowest BCUT2D eigenvalue weighted by Crippen LogP contribution is -2.44. The monoisotopic (exact) mass is 286 g/mol. The Labute approximate surface area is 115 Å². The van der Waals surface area contributed by atoms with E-state index >= 15 is 0 Å². The number of nitrogens with one attached hydrogen (secondary N) is 1. The van der Waals surface area contributed by atoms with Crippen LogP contribution in [0.15, 0.2) is 18.2 Å². The van der Waals surface area contributed by atoms with Crippen LogP contribution in [-0.2, 0) is 0 Å². The first-order valence-electron chi connectivity index (χ1n) is 5.51. The molecule has 1 aromatic carbocycles. The Bertz CT molecular complexity index is 503. The molecule has 7 heteroatoms. The number of carbonyl (C=O) groups excluding carboxylic acids is 1. The van der Waals surface area contributed by atoms with Crippen LogP contribution in [0.5, 0.6) is 5.75 Å². The van der Waals surface area contributed by atoms with Gasteiger partial charge in [-0.1, -0.05) is 0 Å². The summed E-state index contributed by atoms with van der Waals surface area (Å²) in [5, 5.41) is 13.5. The van der Waals surface area contributed by atoms with Crippen LogP contribution in [-0.4, -0.2) is 29.4 Å². The Kier molecular flexibility index (Phi) is 4.72. The Hall–Kier alpha value is -1.82. The van der Waals surface area contributed by atoms with Crippen molar-refractivity contribution in [2.24, 2.45) is 0 Å². The standard InChI is InChI=1S/C12H15ClN2O4/c1-12(2,7-13)14-11(16)8-4-5-9(15(17)18)10(6-8)19-3/h4-6H,7H2,1-3H3,(H,14,16). The van der Waals surface area contributed by atoms with E-state index in [1.807, 2.05) is 0 Å². The van der Waals surface area contributed by atoms with Crippen molar-refractivity contribution in [2.75, 3.05) is 13.0 Å². The number of alkyl halides is 1. The molecule has 0 saturated carbocycles. The maximum absolute atomic E-state index is 12.0. The first kappa shape index (κ1) is 15.2. The van der Waals surface area contributed by atoms with E-state index in [9.17, 15) is 14.9 Å². The van der Waals surface area contributed by atoms with Crippen LogP contribution in [0.2, 0.25) is 0 Å². The number of hydrogen-bond donors (Lipinski definition) is 1. The SMILES string of the molecule is COc1cc(C(=O)NC(C)(C)CCl)ccc1[N+](=O)[O-]. The van der Waals surface area contributed by atoms with Gasteiger partial charge in [0.2, 0.25) is 0 Å². The van der Waals surface area contributed by atoms with Gasteiger partial charge >= 0.3 is 5.69 Å². The van der Waals surface area contributed by atoms with Crippen molar-refractivity contribution in [3.8, 4) is 5.75 Å². The molecule has 104 valence electrons. The zero-order valence-corrected chi connectivity index (χ0v) is 11.7. The van der Waals surface area contributed by atoms with Gasteiger partial charge < -0.3 is 10.1 Å². The maximum atomic E-state index is 12.0. The van der Waals surface area contributed by atoms with Gasteiger partial charge in [0.05, 0.1) is 12.0 Å². The molecule has 19 heavy (non-hydrogen) atoms. The van der Waals surface area contributed by atoms with Crippen molar-refractivity contribution in [2.45, 2.75) is 19.4 Å². The van der Waals surface area contributed by atoms with Gasteiger partial charge in [0.1, 0.15) is 0 Å². The first-order valence-corrected chi connectivity index (χ1v) is 6.05. The molecular weight excluding hydrogens is 272 g/mol. The van der Waals surface area contributed by atoms with E-state index in [4.69, 9.17) is 16.3 Å². The van der Waals surface area contributed by atoms with Crippen LogP contribution < -0.4 is 10.1 Å². The van der Waals surface area contributed by atoms with Crippen molar-refractivity contribution in [1.29, 1.82) is 0 Å². The largest absolute Gasteiger partial charge is 0.490 e. The Morgan fingerprint density at radius 1 is 1.53 bits per heavy atom. The number of methoxy groups -OCH3 is 1. The second-order valence-corrected chi connectivity index (χ2v) is 4.88. The van der Waals surface area contributed by atoms with Gasteiger partial charge in [-0.15, -0.1) is 11.6 Å². The fraction of sp³-hybridized carbons (Fsp3) is 0.417. The van der Waals surface area contributed by atoms with Crippen LogP contribution in [0.1, 0.15) is 24.2 Å². The molecule has 0 aliphatic heterocycles. The average Bonchev–Trinajstić information content (AvgIpc) is 2.37. The molecule has 6 nitrogen and oxygen atoms in total. The van der Waals surface area contributed by atoms with Gasteiger partial charge in [-0.25, -0.2) is 0 Å². The highest BCUT2D eigenvalue weighted by atomic mass is 35.5. The third-order valence-electron chi connectivity index (χ3n) is 2.42. The molecule has 0 spiro atoms. The quantitative estimate of drug-likeness (QED) is 0.512. The number of halogens is 1. The molecule has 0 heterocycles. The summed E-state index contributed by atoms with van der Waals surface area (Å²) < 4.78 is 4.91. The number of benzene rings is 1. The molecule has 0 bridgehead atoms. The van der Waals surface area contributed by atoms with Crippen molar-refractivity contribution in [3.63, 3.8) is 0 Å². The van der Waals surface area contributed by atoms with Crippen molar-refractivity contribution in [1.82, 2.24) is 5.32 Å². The van der Waals surface area contributed by atoms with Crippen LogP contribution in [0.25, 0.3) is 0 Å². The Morgan fingerprint density at radius 3 is 2.63 bits per heavy atom. The van der Waals surface area contributed by atoms with Crippen molar-refractivity contribution < 1.29 is 14.5 Å². The molecule has 0 saturated heterocycles. The number of carbonyl (C=O) groups is 1. The molecule has 0 unspecified atom stereocenters. The lowest BCUT2D eigenvalue weighted by Gasteiger charge is -2.23. The van der Waals surface area contributed by atoms with Crippen LogP contribution in [0, 0.1) is 10.1 Å². The van der Waals surface area contributed by atoms with E-state index < -0.39 is 10.5 Å². The maximum Gasteiger partial charge on any atom is 0.310 e. The summed E-state index contributed by atoms with van der Waals surface area (Å²) in [5.74, 6) is -0.0664. The number of nitrogens with zero attached hydrogens (tertiary/aromatic N) is 1. The molecule has 1 N–H and O–H groups in total. The summed E-state index contributed by atoms with van der Waals surface area (Å²) in [6.45, 7) is 3.56. The minimum atomic E-state index is -0.566. The lowest BCUT2D eigenvalue weighted by atomic mass is 10.1. The molecule has 0 aliphatic carbocycles. The molecule has 0 aliphatic rings. The molecule has 0 aromatic heterocycles. The second-order valence-electron chi connectivity index (χ2n) is 4.62. The van der Waals surface area contributed by atoms with E-state index in [-0.39, 0.29) is 28.8 Å². The van der Waals surface area contributed by atoms with Crippen LogP contribution in [0.4, 0.5) is 5.69 Å². The molecule has 1 aromatic rings. The van der Waals surface area contributed by atoms with Gasteiger partial charge in [-0.2, -0.15) is 0 Å². The second kappa shape index (κ2) is 5.88. The number of hydrogen-bond acceptors (Lipinski definition) is 4. The Balaban J connectivity index is 3.03. The fourth-order valence-electron chi connectivity index (χ4n) is 1.38. The van der Waals surface area contributed by atoms with Crippen molar-refractivity contribution >= 4 is 23.2 Å². The summed E-state index contributed by atoms with van der Waals surface area (Å²) in [6.07, 6.45) is 0. The van der Waals surface area contributed by atoms with Gasteiger partial charge in [-0.05, 0) is 19.9 Å².